The third kappa shape index (κ3) is 7.05. The predicted octanol–water partition coefficient (Wildman–Crippen LogP) is 5.49. The molecular formula is C14H26O5P2S3. The lowest BCUT2D eigenvalue weighted by Crippen LogP contribution is -2.28. The van der Waals surface area contributed by atoms with E-state index in [1.54, 1.807) is 0 Å². The van der Waals surface area contributed by atoms with Gasteiger partial charge >= 0.3 is 6.80 Å². The molecule has 2 aliphatic heterocycles. The van der Waals surface area contributed by atoms with Crippen molar-refractivity contribution in [3.63, 3.8) is 0 Å². The molecule has 0 unspecified atom stereocenters. The highest BCUT2D eigenvalue weighted by molar-refractivity contribution is 8.68. The lowest BCUT2D eigenvalue weighted by molar-refractivity contribution is 0.0501. The second-order valence-corrected chi connectivity index (χ2v) is 17.9. The van der Waals surface area contributed by atoms with E-state index < -0.39 is 12.5 Å². The van der Waals surface area contributed by atoms with E-state index in [-0.39, 0.29) is 10.8 Å². The molecule has 0 aliphatic carbocycles. The first-order chi connectivity index (χ1) is 11.0. The van der Waals surface area contributed by atoms with E-state index >= 15 is 0 Å². The summed E-state index contributed by atoms with van der Waals surface area (Å²) in [5.41, 5.74) is -2.24. The first-order valence-electron chi connectivity index (χ1n) is 7.76. The molecule has 24 heavy (non-hydrogen) atoms. The summed E-state index contributed by atoms with van der Waals surface area (Å²) in [5.74, 6) is 1.30. The molecule has 0 saturated carbocycles. The molecule has 140 valence electrons. The zero-order chi connectivity index (χ0) is 17.9. The maximum Gasteiger partial charge on any atom is 0.389 e. The molecule has 2 fully saturated rings. The van der Waals surface area contributed by atoms with Crippen molar-refractivity contribution >= 4 is 47.1 Å². The molecule has 2 aliphatic rings. The molecule has 0 aromatic carbocycles. The molecule has 0 bridgehead atoms. The van der Waals surface area contributed by atoms with Crippen molar-refractivity contribution in [2.75, 3.05) is 37.9 Å². The van der Waals surface area contributed by atoms with Crippen LogP contribution in [0.4, 0.5) is 0 Å². The minimum Gasteiger partial charge on any atom is -0.321 e. The summed E-state index contributed by atoms with van der Waals surface area (Å²) in [4.78, 5) is 0. The van der Waals surface area contributed by atoms with Crippen LogP contribution in [0.3, 0.4) is 0 Å². The van der Waals surface area contributed by atoms with Gasteiger partial charge in [0.2, 0.25) is 5.69 Å². The fourth-order valence-electron chi connectivity index (χ4n) is 1.73. The number of hydrogen-bond donors (Lipinski definition) is 0. The summed E-state index contributed by atoms with van der Waals surface area (Å²) >= 11 is 8.24. The van der Waals surface area contributed by atoms with Gasteiger partial charge in [0.25, 0.3) is 0 Å². The van der Waals surface area contributed by atoms with Crippen molar-refractivity contribution < 1.29 is 22.7 Å². The van der Waals surface area contributed by atoms with E-state index in [0.29, 0.717) is 32.2 Å². The molecule has 2 heterocycles. The van der Waals surface area contributed by atoms with Gasteiger partial charge in [-0.3, -0.25) is 0 Å². The molecular weight excluding hydrogens is 406 g/mol. The molecule has 0 amide bonds. The Hall–Kier alpha value is 1.16. The van der Waals surface area contributed by atoms with Crippen molar-refractivity contribution in [2.24, 2.45) is 10.8 Å². The van der Waals surface area contributed by atoms with Crippen LogP contribution in [-0.2, 0) is 34.5 Å². The second-order valence-electron chi connectivity index (χ2n) is 7.38. The van der Waals surface area contributed by atoms with Crippen LogP contribution in [0.15, 0.2) is 12.2 Å². The summed E-state index contributed by atoms with van der Waals surface area (Å²) in [6.07, 6.45) is 3.96. The molecule has 10 heteroatoms. The van der Waals surface area contributed by atoms with Gasteiger partial charge in [-0.25, -0.2) is 4.57 Å². The predicted molar refractivity (Wildman–Crippen MR) is 107 cm³/mol. The van der Waals surface area contributed by atoms with Crippen LogP contribution in [0.2, 0.25) is 0 Å². The largest absolute Gasteiger partial charge is 0.389 e. The Bertz CT molecular complexity index is 489. The van der Waals surface area contributed by atoms with Crippen molar-refractivity contribution in [1.82, 2.24) is 0 Å². The van der Waals surface area contributed by atoms with Crippen LogP contribution < -0.4 is 0 Å². The van der Waals surface area contributed by atoms with Gasteiger partial charge in [-0.1, -0.05) is 51.2 Å². The van der Waals surface area contributed by atoms with Gasteiger partial charge in [-0.05, 0) is 23.2 Å². The Morgan fingerprint density at radius 3 is 1.79 bits per heavy atom. The van der Waals surface area contributed by atoms with Crippen molar-refractivity contribution in [1.29, 1.82) is 0 Å². The quantitative estimate of drug-likeness (QED) is 0.404. The third-order valence-corrected chi connectivity index (χ3v) is 12.0. The van der Waals surface area contributed by atoms with Gasteiger partial charge in [0.05, 0.1) is 26.4 Å². The first kappa shape index (κ1) is 21.5. The molecule has 0 aromatic rings. The van der Waals surface area contributed by atoms with Crippen molar-refractivity contribution in [3.05, 3.63) is 12.2 Å². The molecule has 0 aromatic heterocycles. The van der Waals surface area contributed by atoms with Crippen LogP contribution in [0.25, 0.3) is 0 Å². The molecule has 5 nitrogen and oxygen atoms in total. The normalized spacial score (nSPS) is 28.0. The monoisotopic (exact) mass is 432 g/mol. The number of hydrogen-bond acceptors (Lipinski definition) is 8. The summed E-state index contributed by atoms with van der Waals surface area (Å²) in [6, 6.07) is 0. The Morgan fingerprint density at radius 2 is 1.29 bits per heavy atom. The topological polar surface area (TPSA) is 54.0 Å². The van der Waals surface area contributed by atoms with Crippen LogP contribution in [0, 0.1) is 10.8 Å². The lowest BCUT2D eigenvalue weighted by Gasteiger charge is -2.35. The summed E-state index contributed by atoms with van der Waals surface area (Å²) in [7, 11) is 0. The lowest BCUT2D eigenvalue weighted by atomic mass is 9.97. The van der Waals surface area contributed by atoms with Crippen LogP contribution in [0.1, 0.15) is 27.7 Å². The van der Waals surface area contributed by atoms with Gasteiger partial charge in [0, 0.05) is 22.3 Å². The minimum atomic E-state index is -3.00. The van der Waals surface area contributed by atoms with E-state index in [1.807, 2.05) is 26.0 Å². The summed E-state index contributed by atoms with van der Waals surface area (Å²) < 4.78 is 34.7. The zero-order valence-electron chi connectivity index (χ0n) is 14.6. The molecule has 0 atom stereocenters. The maximum absolute atomic E-state index is 12.3. The van der Waals surface area contributed by atoms with Gasteiger partial charge in [-0.15, -0.1) is 0 Å². The highest BCUT2D eigenvalue weighted by Gasteiger charge is 2.37. The average molecular weight is 433 g/mol. The molecule has 0 spiro atoms. The van der Waals surface area contributed by atoms with E-state index in [4.69, 9.17) is 29.9 Å². The van der Waals surface area contributed by atoms with Crippen LogP contribution >= 0.6 is 35.3 Å². The SMILES string of the molecule is CC1(C)COP(=O)(SC/C=C/CSP2(=S)OCC(C)(C)CO2)OC1. The highest BCUT2D eigenvalue weighted by Crippen LogP contribution is 2.65. The van der Waals surface area contributed by atoms with Crippen LogP contribution in [-0.4, -0.2) is 37.9 Å². The smallest absolute Gasteiger partial charge is 0.321 e. The third-order valence-electron chi connectivity index (χ3n) is 3.28. The van der Waals surface area contributed by atoms with E-state index in [2.05, 4.69) is 13.8 Å². The molecule has 0 N–H and O–H groups in total. The van der Waals surface area contributed by atoms with Gasteiger partial charge in [0.1, 0.15) is 0 Å². The van der Waals surface area contributed by atoms with Crippen LogP contribution in [0.5, 0.6) is 0 Å². The maximum atomic E-state index is 12.3. The zero-order valence-corrected chi connectivity index (χ0v) is 18.8. The molecule has 2 saturated heterocycles. The summed E-state index contributed by atoms with van der Waals surface area (Å²) in [5, 5.41) is 0. The Labute approximate surface area is 158 Å². The Balaban J connectivity index is 1.65. The van der Waals surface area contributed by atoms with Gasteiger partial charge < -0.3 is 18.1 Å². The highest BCUT2D eigenvalue weighted by atomic mass is 32.9. The van der Waals surface area contributed by atoms with Crippen molar-refractivity contribution in [3.8, 4) is 0 Å². The Kier molecular flexibility index (Phi) is 7.56. The van der Waals surface area contributed by atoms with Crippen molar-refractivity contribution in [2.45, 2.75) is 27.7 Å². The van der Waals surface area contributed by atoms with Gasteiger partial charge in [-0.2, -0.15) is 0 Å². The first-order valence-corrected chi connectivity index (χ1v) is 15.1. The Morgan fingerprint density at radius 1 is 0.875 bits per heavy atom. The standard InChI is InChI=1S/C14H26O5P2S3/c1-13(2)9-16-20(15,17-10-13)23-7-5-6-8-24-21(22)18-11-14(3,4)12-19-21/h5-6H,7-12H2,1-4H3/b6-5+. The second kappa shape index (κ2) is 8.45. The molecule has 0 radical (unpaired) electrons. The van der Waals surface area contributed by atoms with E-state index in [0.717, 1.165) is 5.75 Å². The minimum absolute atomic E-state index is 0.0378. The number of rotatable bonds is 6. The van der Waals surface area contributed by atoms with Gasteiger partial charge in [0.15, 0.2) is 0 Å². The fourth-order valence-corrected chi connectivity index (χ4v) is 9.02. The summed E-state index contributed by atoms with van der Waals surface area (Å²) in [6.45, 7) is 7.48. The van der Waals surface area contributed by atoms with E-state index in [1.165, 1.54) is 22.8 Å². The fraction of sp³-hybridized carbons (Fsp3) is 0.857. The average Bonchev–Trinajstić information content (AvgIpc) is 2.50. The molecule has 2 rings (SSSR count). The van der Waals surface area contributed by atoms with E-state index in [9.17, 15) is 4.57 Å².